The number of nitrogens with zero attached hydrogens (tertiary/aromatic N) is 4. The van der Waals surface area contributed by atoms with E-state index in [0.717, 1.165) is 47.5 Å². The number of nitrogens with one attached hydrogen (secondary N) is 1. The molecule has 39 heavy (non-hydrogen) atoms. The number of benzene rings is 1. The summed E-state index contributed by atoms with van der Waals surface area (Å²) >= 11 is 0. The summed E-state index contributed by atoms with van der Waals surface area (Å²) < 4.78 is 57.3. The standard InChI is InChI=1S/C27H28F3N5O4/c1-17-22(16-31-26(39-20-6-11-37-12-7-20)23(17)35-9-13-38-14-10-35)18-3-2-4-19(15-18)33-25(36)21-5-8-32-34-24(21)27(28,29)30/h2-5,8,15-16,20H,6-7,9-14H2,1H3,(H,33,36). The average molecular weight is 544 g/mol. The van der Waals surface area contributed by atoms with Gasteiger partial charge in [0.05, 0.1) is 38.2 Å². The Labute approximate surface area is 223 Å². The van der Waals surface area contributed by atoms with Crippen LogP contribution in [0.2, 0.25) is 0 Å². The van der Waals surface area contributed by atoms with Gasteiger partial charge in [-0.15, -0.1) is 5.10 Å². The lowest BCUT2D eigenvalue weighted by Gasteiger charge is -2.33. The molecule has 0 saturated carbocycles. The van der Waals surface area contributed by atoms with E-state index in [1.165, 1.54) is 0 Å². The van der Waals surface area contributed by atoms with Crippen molar-refractivity contribution in [1.29, 1.82) is 0 Å². The molecule has 2 aliphatic rings. The van der Waals surface area contributed by atoms with Gasteiger partial charge in [0.2, 0.25) is 5.88 Å². The second-order valence-corrected chi connectivity index (χ2v) is 9.31. The van der Waals surface area contributed by atoms with Gasteiger partial charge < -0.3 is 24.4 Å². The van der Waals surface area contributed by atoms with Crippen LogP contribution < -0.4 is 15.0 Å². The quantitative estimate of drug-likeness (QED) is 0.485. The van der Waals surface area contributed by atoms with Crippen molar-refractivity contribution in [2.75, 3.05) is 49.7 Å². The number of hydrogen-bond donors (Lipinski definition) is 1. The van der Waals surface area contributed by atoms with Gasteiger partial charge in [0, 0.05) is 43.4 Å². The first-order valence-corrected chi connectivity index (χ1v) is 12.7. The minimum absolute atomic E-state index is 0.0131. The Morgan fingerprint density at radius 1 is 1.10 bits per heavy atom. The van der Waals surface area contributed by atoms with Crippen molar-refractivity contribution in [3.05, 3.63) is 59.5 Å². The van der Waals surface area contributed by atoms with Crippen LogP contribution in [0.5, 0.6) is 5.88 Å². The first-order valence-electron chi connectivity index (χ1n) is 12.7. The number of aromatic nitrogens is 3. The number of pyridine rings is 1. The van der Waals surface area contributed by atoms with Crippen LogP contribution in [0.1, 0.15) is 34.5 Å². The highest BCUT2D eigenvalue weighted by molar-refractivity contribution is 6.05. The van der Waals surface area contributed by atoms with Gasteiger partial charge in [0.25, 0.3) is 5.91 Å². The van der Waals surface area contributed by atoms with Gasteiger partial charge in [-0.2, -0.15) is 18.3 Å². The van der Waals surface area contributed by atoms with Gasteiger partial charge in [-0.1, -0.05) is 12.1 Å². The molecule has 1 N–H and O–H groups in total. The van der Waals surface area contributed by atoms with Gasteiger partial charge in [-0.05, 0) is 36.2 Å². The smallest absolute Gasteiger partial charge is 0.435 e. The first kappa shape index (κ1) is 26.8. The predicted molar refractivity (Wildman–Crippen MR) is 137 cm³/mol. The van der Waals surface area contributed by atoms with E-state index >= 15 is 0 Å². The number of ether oxygens (including phenoxy) is 3. The summed E-state index contributed by atoms with van der Waals surface area (Å²) in [6.45, 7) is 5.83. The highest BCUT2D eigenvalue weighted by Crippen LogP contribution is 2.38. The van der Waals surface area contributed by atoms with E-state index in [2.05, 4.69) is 25.4 Å². The predicted octanol–water partition coefficient (Wildman–Crippen LogP) is 4.51. The molecule has 0 radical (unpaired) electrons. The Morgan fingerprint density at radius 3 is 2.59 bits per heavy atom. The highest BCUT2D eigenvalue weighted by atomic mass is 19.4. The minimum Gasteiger partial charge on any atom is -0.473 e. The third-order valence-electron chi connectivity index (χ3n) is 6.71. The fourth-order valence-electron chi connectivity index (χ4n) is 4.74. The molecule has 0 atom stereocenters. The number of anilines is 2. The number of halogens is 3. The average Bonchev–Trinajstić information content (AvgIpc) is 2.94. The monoisotopic (exact) mass is 543 g/mol. The van der Waals surface area contributed by atoms with Crippen LogP contribution in [0.3, 0.4) is 0 Å². The van der Waals surface area contributed by atoms with Crippen LogP contribution in [0.4, 0.5) is 24.5 Å². The molecule has 0 bridgehead atoms. The van der Waals surface area contributed by atoms with Gasteiger partial charge >= 0.3 is 6.18 Å². The first-order chi connectivity index (χ1) is 18.8. The molecule has 2 saturated heterocycles. The van der Waals surface area contributed by atoms with Crippen molar-refractivity contribution in [3.8, 4) is 17.0 Å². The van der Waals surface area contributed by atoms with Crippen LogP contribution in [-0.2, 0) is 15.7 Å². The van der Waals surface area contributed by atoms with Gasteiger partial charge in [-0.25, -0.2) is 4.98 Å². The van der Waals surface area contributed by atoms with Crippen LogP contribution >= 0.6 is 0 Å². The fraction of sp³-hybridized carbons (Fsp3) is 0.407. The van der Waals surface area contributed by atoms with E-state index in [0.29, 0.717) is 51.1 Å². The molecule has 12 heteroatoms. The summed E-state index contributed by atoms with van der Waals surface area (Å²) in [5.41, 5.74) is 1.77. The van der Waals surface area contributed by atoms with Crippen molar-refractivity contribution < 1.29 is 32.2 Å². The summed E-state index contributed by atoms with van der Waals surface area (Å²) in [5, 5.41) is 8.94. The van der Waals surface area contributed by atoms with E-state index in [-0.39, 0.29) is 6.10 Å². The summed E-state index contributed by atoms with van der Waals surface area (Å²) in [6, 6.07) is 7.88. The number of carbonyl (C=O) groups excluding carboxylic acids is 1. The molecular formula is C27H28F3N5O4. The van der Waals surface area contributed by atoms with Crippen molar-refractivity contribution in [3.63, 3.8) is 0 Å². The molecule has 206 valence electrons. The molecule has 2 aromatic heterocycles. The zero-order chi connectivity index (χ0) is 27.4. The van der Waals surface area contributed by atoms with Crippen LogP contribution in [-0.4, -0.2) is 66.7 Å². The van der Waals surface area contributed by atoms with Crippen molar-refractivity contribution >= 4 is 17.3 Å². The normalized spacial score (nSPS) is 16.7. The Balaban J connectivity index is 1.45. The fourth-order valence-corrected chi connectivity index (χ4v) is 4.74. The van der Waals surface area contributed by atoms with Gasteiger partial charge in [-0.3, -0.25) is 4.79 Å². The summed E-state index contributed by atoms with van der Waals surface area (Å²) in [7, 11) is 0. The lowest BCUT2D eigenvalue weighted by atomic mass is 10.00. The Morgan fingerprint density at radius 2 is 1.85 bits per heavy atom. The Kier molecular flexibility index (Phi) is 7.94. The minimum atomic E-state index is -4.81. The summed E-state index contributed by atoms with van der Waals surface area (Å²) in [4.78, 5) is 19.6. The maximum atomic E-state index is 13.3. The molecule has 0 spiro atoms. The molecule has 0 aliphatic carbocycles. The molecule has 1 aromatic carbocycles. The topological polar surface area (TPSA) is 98.7 Å². The zero-order valence-corrected chi connectivity index (χ0v) is 21.3. The summed E-state index contributed by atoms with van der Waals surface area (Å²) in [5.74, 6) is -0.377. The van der Waals surface area contributed by atoms with E-state index in [4.69, 9.17) is 14.2 Å². The third kappa shape index (κ3) is 6.12. The maximum absolute atomic E-state index is 13.3. The number of hydrogen-bond acceptors (Lipinski definition) is 8. The number of rotatable bonds is 6. The molecule has 2 fully saturated rings. The van der Waals surface area contributed by atoms with Crippen molar-refractivity contribution in [2.45, 2.75) is 32.0 Å². The lowest BCUT2D eigenvalue weighted by Crippen LogP contribution is -2.37. The van der Waals surface area contributed by atoms with Crippen molar-refractivity contribution in [1.82, 2.24) is 15.2 Å². The lowest BCUT2D eigenvalue weighted by molar-refractivity contribution is -0.142. The van der Waals surface area contributed by atoms with Crippen molar-refractivity contribution in [2.24, 2.45) is 0 Å². The molecular weight excluding hydrogens is 515 g/mol. The van der Waals surface area contributed by atoms with E-state index in [1.807, 2.05) is 13.0 Å². The third-order valence-corrected chi connectivity index (χ3v) is 6.71. The van der Waals surface area contributed by atoms with E-state index in [9.17, 15) is 18.0 Å². The molecule has 0 unspecified atom stereocenters. The number of amides is 1. The van der Waals surface area contributed by atoms with Crippen LogP contribution in [0.25, 0.3) is 11.1 Å². The van der Waals surface area contributed by atoms with E-state index < -0.39 is 23.3 Å². The summed E-state index contributed by atoms with van der Waals surface area (Å²) in [6.07, 6.45) is -0.448. The highest BCUT2D eigenvalue weighted by Gasteiger charge is 2.37. The number of carbonyl (C=O) groups is 1. The number of morpholine rings is 1. The molecule has 9 nitrogen and oxygen atoms in total. The molecule has 1 amide bonds. The van der Waals surface area contributed by atoms with Gasteiger partial charge in [0.15, 0.2) is 5.69 Å². The maximum Gasteiger partial charge on any atom is 0.435 e. The molecule has 4 heterocycles. The van der Waals surface area contributed by atoms with E-state index in [1.54, 1.807) is 24.4 Å². The SMILES string of the molecule is Cc1c(-c2cccc(NC(=O)c3ccnnc3C(F)(F)F)c2)cnc(OC2CCOCC2)c1N1CCOCC1. The largest absolute Gasteiger partial charge is 0.473 e. The molecule has 2 aliphatic heterocycles. The Bertz CT molecular complexity index is 1330. The van der Waals surface area contributed by atoms with Crippen LogP contribution in [0, 0.1) is 6.92 Å². The molecule has 5 rings (SSSR count). The molecule has 3 aromatic rings. The zero-order valence-electron chi connectivity index (χ0n) is 21.3. The van der Waals surface area contributed by atoms with Crippen LogP contribution in [0.15, 0.2) is 42.7 Å². The second kappa shape index (κ2) is 11.5. The number of alkyl halides is 3. The Hall–Kier alpha value is -3.77. The second-order valence-electron chi connectivity index (χ2n) is 9.31. The van der Waals surface area contributed by atoms with Gasteiger partial charge in [0.1, 0.15) is 11.8 Å².